The fourth-order valence-electron chi connectivity index (χ4n) is 3.94. The largest absolute Gasteiger partial charge is 0.507 e. The van der Waals surface area contributed by atoms with E-state index in [4.69, 9.17) is 4.74 Å². The summed E-state index contributed by atoms with van der Waals surface area (Å²) in [7, 11) is 1.64. The molecule has 140 valence electrons. The molecule has 1 saturated heterocycles. The first kappa shape index (κ1) is 18.5. The predicted molar refractivity (Wildman–Crippen MR) is 103 cm³/mol. The van der Waals surface area contributed by atoms with Gasteiger partial charge in [0.05, 0.1) is 18.7 Å². The van der Waals surface area contributed by atoms with Crippen molar-refractivity contribution in [2.75, 3.05) is 20.2 Å². The van der Waals surface area contributed by atoms with Gasteiger partial charge in [0.2, 0.25) is 0 Å². The summed E-state index contributed by atoms with van der Waals surface area (Å²) in [5.41, 5.74) is 2.17. The average molecular weight is 356 g/mol. The molecule has 1 fully saturated rings. The maximum absolute atomic E-state index is 13.2. The smallest absolute Gasteiger partial charge is 0.259 e. The number of aromatic nitrogens is 1. The van der Waals surface area contributed by atoms with Gasteiger partial charge in [0.1, 0.15) is 11.5 Å². The number of aryl methyl sites for hydroxylation is 1. The molecule has 1 atom stereocenters. The summed E-state index contributed by atoms with van der Waals surface area (Å²) >= 11 is 0. The summed E-state index contributed by atoms with van der Waals surface area (Å²) in [6.45, 7) is 6.26. The van der Waals surface area contributed by atoms with Crippen molar-refractivity contribution in [3.63, 3.8) is 0 Å². The molecule has 0 radical (unpaired) electrons. The van der Waals surface area contributed by atoms with E-state index in [0.717, 1.165) is 42.9 Å². The number of nitrogens with zero attached hydrogens (tertiary/aromatic N) is 2. The molecule has 0 saturated carbocycles. The first-order valence-corrected chi connectivity index (χ1v) is 9.38. The van der Waals surface area contributed by atoms with Gasteiger partial charge in [-0.2, -0.15) is 0 Å². The van der Waals surface area contributed by atoms with Crippen LogP contribution in [0.15, 0.2) is 35.1 Å². The van der Waals surface area contributed by atoms with E-state index in [1.807, 2.05) is 38.1 Å². The van der Waals surface area contributed by atoms with Crippen LogP contribution in [0.2, 0.25) is 0 Å². The van der Waals surface area contributed by atoms with Crippen molar-refractivity contribution < 1.29 is 9.84 Å². The van der Waals surface area contributed by atoms with Gasteiger partial charge in [-0.3, -0.25) is 9.69 Å². The number of likely N-dealkylation sites (tertiary alicyclic amines) is 1. The number of pyridine rings is 1. The highest BCUT2D eigenvalue weighted by Gasteiger charge is 2.29. The highest BCUT2D eigenvalue weighted by atomic mass is 16.5. The predicted octanol–water partition coefficient (Wildman–Crippen LogP) is 3.47. The molecule has 5 nitrogen and oxygen atoms in total. The standard InChI is InChI=1S/C21H28N2O3/c1-4-23-15(2)14-18(24)19(21(23)25)20(22-12-6-5-7-13-22)16-8-10-17(26-3)11-9-16/h8-11,14,20,24H,4-7,12-13H2,1-3H3/t20-/m1/s1. The van der Waals surface area contributed by atoms with Crippen LogP contribution in [-0.4, -0.2) is 34.8 Å². The van der Waals surface area contributed by atoms with Crippen molar-refractivity contribution in [3.8, 4) is 11.5 Å². The molecule has 1 aliphatic rings. The Kier molecular flexibility index (Phi) is 5.67. The van der Waals surface area contributed by atoms with Crippen molar-refractivity contribution in [1.82, 2.24) is 9.47 Å². The molecule has 26 heavy (non-hydrogen) atoms. The average Bonchev–Trinajstić information content (AvgIpc) is 2.66. The van der Waals surface area contributed by atoms with Gasteiger partial charge < -0.3 is 14.4 Å². The number of hydrogen-bond acceptors (Lipinski definition) is 4. The molecular formula is C21H28N2O3. The molecule has 1 N–H and O–H groups in total. The molecule has 0 bridgehead atoms. The lowest BCUT2D eigenvalue weighted by molar-refractivity contribution is 0.183. The van der Waals surface area contributed by atoms with Crippen molar-refractivity contribution in [3.05, 3.63) is 57.5 Å². The number of benzene rings is 1. The Bertz CT molecular complexity index is 805. The first-order valence-electron chi connectivity index (χ1n) is 9.38. The molecule has 1 aromatic carbocycles. The topological polar surface area (TPSA) is 54.7 Å². The quantitative estimate of drug-likeness (QED) is 0.891. The van der Waals surface area contributed by atoms with Crippen LogP contribution in [0, 0.1) is 6.92 Å². The molecule has 5 heteroatoms. The summed E-state index contributed by atoms with van der Waals surface area (Å²) in [6.07, 6.45) is 3.44. The second kappa shape index (κ2) is 7.96. The van der Waals surface area contributed by atoms with Gasteiger partial charge >= 0.3 is 0 Å². The zero-order valence-electron chi connectivity index (χ0n) is 15.9. The van der Waals surface area contributed by atoms with Crippen molar-refractivity contribution in [1.29, 1.82) is 0 Å². The van der Waals surface area contributed by atoms with Crippen LogP contribution in [-0.2, 0) is 6.54 Å². The number of rotatable bonds is 5. The van der Waals surface area contributed by atoms with Gasteiger partial charge in [-0.1, -0.05) is 18.6 Å². The zero-order valence-corrected chi connectivity index (χ0v) is 15.9. The number of aromatic hydroxyl groups is 1. The summed E-state index contributed by atoms with van der Waals surface area (Å²) in [5.74, 6) is 0.869. The van der Waals surface area contributed by atoms with Gasteiger partial charge in [-0.05, 0) is 63.5 Å². The van der Waals surface area contributed by atoms with E-state index >= 15 is 0 Å². The molecule has 2 aromatic rings. The molecule has 0 amide bonds. The third kappa shape index (κ3) is 3.49. The molecular weight excluding hydrogens is 328 g/mol. The Hall–Kier alpha value is -2.27. The highest BCUT2D eigenvalue weighted by Crippen LogP contribution is 2.34. The minimum absolute atomic E-state index is 0.0867. The summed E-state index contributed by atoms with van der Waals surface area (Å²) < 4.78 is 7.00. The molecule has 0 spiro atoms. The third-order valence-electron chi connectivity index (χ3n) is 5.30. The van der Waals surface area contributed by atoms with E-state index in [9.17, 15) is 9.90 Å². The molecule has 1 aliphatic heterocycles. The Morgan fingerprint density at radius 3 is 2.38 bits per heavy atom. The Labute approximate surface area is 154 Å². The molecule has 3 rings (SSSR count). The van der Waals surface area contributed by atoms with E-state index in [-0.39, 0.29) is 17.4 Å². The van der Waals surface area contributed by atoms with Gasteiger partial charge in [-0.25, -0.2) is 0 Å². The summed E-state index contributed by atoms with van der Waals surface area (Å²) in [4.78, 5) is 15.5. The Morgan fingerprint density at radius 1 is 1.15 bits per heavy atom. The maximum atomic E-state index is 13.2. The van der Waals surface area contributed by atoms with Gasteiger partial charge in [0.15, 0.2) is 0 Å². The van der Waals surface area contributed by atoms with Crippen molar-refractivity contribution in [2.24, 2.45) is 0 Å². The SMILES string of the molecule is CCn1c(C)cc(O)c([C@@H](c2ccc(OC)cc2)N2CCCCC2)c1=O. The minimum atomic E-state index is -0.243. The van der Waals surface area contributed by atoms with Crippen LogP contribution in [0.5, 0.6) is 11.5 Å². The lowest BCUT2D eigenvalue weighted by atomic mass is 9.94. The molecule has 0 unspecified atom stereocenters. The van der Waals surface area contributed by atoms with E-state index in [1.54, 1.807) is 17.7 Å². The number of hydrogen-bond donors (Lipinski definition) is 1. The van der Waals surface area contributed by atoms with Gasteiger partial charge in [0, 0.05) is 12.2 Å². The van der Waals surface area contributed by atoms with Crippen LogP contribution in [0.1, 0.15) is 49.0 Å². The van der Waals surface area contributed by atoms with Crippen LogP contribution >= 0.6 is 0 Å². The fourth-order valence-corrected chi connectivity index (χ4v) is 3.94. The summed E-state index contributed by atoms with van der Waals surface area (Å²) in [5, 5.41) is 10.7. The van der Waals surface area contributed by atoms with E-state index < -0.39 is 0 Å². The van der Waals surface area contributed by atoms with E-state index in [2.05, 4.69) is 4.90 Å². The van der Waals surface area contributed by atoms with Crippen LogP contribution in [0.25, 0.3) is 0 Å². The second-order valence-corrected chi connectivity index (χ2v) is 6.91. The number of methoxy groups -OCH3 is 1. The minimum Gasteiger partial charge on any atom is -0.507 e. The molecule has 2 heterocycles. The van der Waals surface area contributed by atoms with Crippen molar-refractivity contribution in [2.45, 2.75) is 45.7 Å². The normalized spacial score (nSPS) is 16.4. The number of ether oxygens (including phenoxy) is 1. The lowest BCUT2D eigenvalue weighted by Crippen LogP contribution is -2.38. The molecule has 1 aromatic heterocycles. The Balaban J connectivity index is 2.16. The van der Waals surface area contributed by atoms with Crippen molar-refractivity contribution >= 4 is 0 Å². The second-order valence-electron chi connectivity index (χ2n) is 6.91. The first-order chi connectivity index (χ1) is 12.6. The van der Waals surface area contributed by atoms with Gasteiger partial charge in [-0.15, -0.1) is 0 Å². The zero-order chi connectivity index (χ0) is 18.7. The van der Waals surface area contributed by atoms with E-state index in [0.29, 0.717) is 12.1 Å². The monoisotopic (exact) mass is 356 g/mol. The summed E-state index contributed by atoms with van der Waals surface area (Å²) in [6, 6.07) is 9.28. The van der Waals surface area contributed by atoms with Crippen LogP contribution in [0.3, 0.4) is 0 Å². The van der Waals surface area contributed by atoms with Gasteiger partial charge in [0.25, 0.3) is 5.56 Å². The Morgan fingerprint density at radius 2 is 1.81 bits per heavy atom. The fraction of sp³-hybridized carbons (Fsp3) is 0.476. The molecule has 0 aliphatic carbocycles. The highest BCUT2D eigenvalue weighted by molar-refractivity contribution is 5.42. The maximum Gasteiger partial charge on any atom is 0.259 e. The number of piperidine rings is 1. The van der Waals surface area contributed by atoms with E-state index in [1.165, 1.54) is 6.42 Å². The lowest BCUT2D eigenvalue weighted by Gasteiger charge is -2.35. The third-order valence-corrected chi connectivity index (χ3v) is 5.30. The van der Waals surface area contributed by atoms with Crippen LogP contribution < -0.4 is 10.3 Å². The van der Waals surface area contributed by atoms with Crippen LogP contribution in [0.4, 0.5) is 0 Å².